The van der Waals surface area contributed by atoms with Gasteiger partial charge < -0.3 is 10.6 Å². The van der Waals surface area contributed by atoms with Gasteiger partial charge in [0.05, 0.1) is 0 Å². The Morgan fingerprint density at radius 2 is 1.75 bits per heavy atom. The SMILES string of the molecule is C/C(N)=C\C=C(/C)N(C)C(C)C. The van der Waals surface area contributed by atoms with Crippen LogP contribution in [0.2, 0.25) is 0 Å². The lowest BCUT2D eigenvalue weighted by Crippen LogP contribution is -2.24. The minimum Gasteiger partial charge on any atom is -0.402 e. The summed E-state index contributed by atoms with van der Waals surface area (Å²) in [5.41, 5.74) is 7.59. The molecule has 0 spiro atoms. The van der Waals surface area contributed by atoms with E-state index in [-0.39, 0.29) is 0 Å². The van der Waals surface area contributed by atoms with Gasteiger partial charge in [-0.25, -0.2) is 0 Å². The molecule has 0 radical (unpaired) electrons. The van der Waals surface area contributed by atoms with Crippen LogP contribution >= 0.6 is 0 Å². The zero-order valence-corrected chi connectivity index (χ0v) is 8.76. The van der Waals surface area contributed by atoms with Gasteiger partial charge in [0.25, 0.3) is 0 Å². The molecule has 2 N–H and O–H groups in total. The highest BCUT2D eigenvalue weighted by Crippen LogP contribution is 2.05. The van der Waals surface area contributed by atoms with Crippen LogP contribution in [0.1, 0.15) is 27.7 Å². The summed E-state index contributed by atoms with van der Waals surface area (Å²) < 4.78 is 0. The molecule has 0 fully saturated rings. The van der Waals surface area contributed by atoms with E-state index in [9.17, 15) is 0 Å². The third-order valence-corrected chi connectivity index (χ3v) is 1.92. The van der Waals surface area contributed by atoms with Gasteiger partial charge in [-0.15, -0.1) is 0 Å². The summed E-state index contributed by atoms with van der Waals surface area (Å²) in [7, 11) is 2.08. The third-order valence-electron chi connectivity index (χ3n) is 1.92. The van der Waals surface area contributed by atoms with Crippen molar-refractivity contribution >= 4 is 0 Å². The first-order chi connectivity index (χ1) is 5.45. The highest BCUT2D eigenvalue weighted by molar-refractivity contribution is 5.13. The summed E-state index contributed by atoms with van der Waals surface area (Å²) >= 11 is 0. The van der Waals surface area contributed by atoms with Gasteiger partial charge >= 0.3 is 0 Å². The monoisotopic (exact) mass is 168 g/mol. The third kappa shape index (κ3) is 4.06. The molecule has 0 aliphatic rings. The second-order valence-corrected chi connectivity index (χ2v) is 3.42. The van der Waals surface area contributed by atoms with E-state index in [1.807, 2.05) is 19.1 Å². The predicted molar refractivity (Wildman–Crippen MR) is 54.6 cm³/mol. The molecule has 12 heavy (non-hydrogen) atoms. The van der Waals surface area contributed by atoms with Crippen LogP contribution in [-0.4, -0.2) is 18.0 Å². The Hall–Kier alpha value is -0.920. The van der Waals surface area contributed by atoms with Crippen LogP contribution in [0, 0.1) is 0 Å². The highest BCUT2D eigenvalue weighted by Gasteiger charge is 2.01. The number of nitrogens with two attached hydrogens (primary N) is 1. The molecule has 0 amide bonds. The summed E-state index contributed by atoms with van der Waals surface area (Å²) in [4.78, 5) is 2.21. The fraction of sp³-hybridized carbons (Fsp3) is 0.600. The molecule has 2 heteroatoms. The number of hydrogen-bond donors (Lipinski definition) is 1. The zero-order chi connectivity index (χ0) is 9.72. The Morgan fingerprint density at radius 1 is 1.25 bits per heavy atom. The largest absolute Gasteiger partial charge is 0.402 e. The van der Waals surface area contributed by atoms with Crippen molar-refractivity contribution in [1.29, 1.82) is 0 Å². The second-order valence-electron chi connectivity index (χ2n) is 3.42. The van der Waals surface area contributed by atoms with Crippen molar-refractivity contribution in [3.63, 3.8) is 0 Å². The maximum atomic E-state index is 5.51. The van der Waals surface area contributed by atoms with E-state index in [1.165, 1.54) is 5.70 Å². The van der Waals surface area contributed by atoms with Gasteiger partial charge in [-0.2, -0.15) is 0 Å². The van der Waals surface area contributed by atoms with Gasteiger partial charge in [-0.1, -0.05) is 0 Å². The van der Waals surface area contributed by atoms with Gasteiger partial charge in [0.1, 0.15) is 0 Å². The lowest BCUT2D eigenvalue weighted by atomic mass is 10.3. The number of hydrogen-bond acceptors (Lipinski definition) is 2. The topological polar surface area (TPSA) is 29.3 Å². The molecular weight excluding hydrogens is 148 g/mol. The number of rotatable bonds is 3. The molecule has 0 atom stereocenters. The molecule has 2 nitrogen and oxygen atoms in total. The fourth-order valence-electron chi connectivity index (χ4n) is 0.777. The molecule has 0 unspecified atom stereocenters. The van der Waals surface area contributed by atoms with E-state index in [4.69, 9.17) is 5.73 Å². The second kappa shape index (κ2) is 4.86. The Kier molecular flexibility index (Phi) is 4.49. The first-order valence-electron chi connectivity index (χ1n) is 4.28. The van der Waals surface area contributed by atoms with Crippen molar-refractivity contribution in [3.05, 3.63) is 23.5 Å². The quantitative estimate of drug-likeness (QED) is 0.654. The highest BCUT2D eigenvalue weighted by atomic mass is 15.1. The fourth-order valence-corrected chi connectivity index (χ4v) is 0.777. The molecular formula is C10H20N2. The van der Waals surface area contributed by atoms with Crippen molar-refractivity contribution in [2.24, 2.45) is 5.73 Å². The summed E-state index contributed by atoms with van der Waals surface area (Å²) in [6.45, 7) is 8.30. The molecule has 0 rings (SSSR count). The van der Waals surface area contributed by atoms with Crippen LogP contribution < -0.4 is 5.73 Å². The molecule has 0 aliphatic carbocycles. The van der Waals surface area contributed by atoms with Crippen LogP contribution in [0.25, 0.3) is 0 Å². The van der Waals surface area contributed by atoms with Crippen molar-refractivity contribution < 1.29 is 0 Å². The number of allylic oxidation sites excluding steroid dienone is 4. The predicted octanol–water partition coefficient (Wildman–Crippen LogP) is 2.09. The molecule has 0 bridgehead atoms. The standard InChI is InChI=1S/C10H20N2/c1-8(2)12(5)10(4)7-6-9(3)11/h6-8H,11H2,1-5H3/b9-6+,10-7+. The Bertz CT molecular complexity index is 186. The van der Waals surface area contributed by atoms with Crippen LogP contribution in [0.3, 0.4) is 0 Å². The van der Waals surface area contributed by atoms with Gasteiger partial charge in [0.2, 0.25) is 0 Å². The molecule has 0 heterocycles. The summed E-state index contributed by atoms with van der Waals surface area (Å²) in [5.74, 6) is 0. The van der Waals surface area contributed by atoms with E-state index >= 15 is 0 Å². The molecule has 70 valence electrons. The van der Waals surface area contributed by atoms with Crippen molar-refractivity contribution in [2.75, 3.05) is 7.05 Å². The van der Waals surface area contributed by atoms with Gasteiger partial charge in [-0.3, -0.25) is 0 Å². The lowest BCUT2D eigenvalue weighted by molar-refractivity contribution is 0.345. The lowest BCUT2D eigenvalue weighted by Gasteiger charge is -2.24. The van der Waals surface area contributed by atoms with Crippen LogP contribution in [0.15, 0.2) is 23.5 Å². The van der Waals surface area contributed by atoms with Gasteiger partial charge in [-0.05, 0) is 39.8 Å². The minimum atomic E-state index is 0.535. The summed E-state index contributed by atoms with van der Waals surface area (Å²) in [6.07, 6.45) is 3.96. The molecule has 0 aromatic heterocycles. The normalized spacial score (nSPS) is 13.8. The van der Waals surface area contributed by atoms with E-state index in [0.717, 1.165) is 5.70 Å². The van der Waals surface area contributed by atoms with Crippen molar-refractivity contribution in [1.82, 2.24) is 4.90 Å². The van der Waals surface area contributed by atoms with Gasteiger partial charge in [0, 0.05) is 24.5 Å². The summed E-state index contributed by atoms with van der Waals surface area (Å²) in [6, 6.07) is 0.535. The van der Waals surface area contributed by atoms with Gasteiger partial charge in [0.15, 0.2) is 0 Å². The van der Waals surface area contributed by atoms with E-state index in [0.29, 0.717) is 6.04 Å². The average Bonchev–Trinajstić information content (AvgIpc) is 1.98. The Morgan fingerprint density at radius 3 is 2.08 bits per heavy atom. The maximum absolute atomic E-state index is 5.51. The molecule has 0 saturated heterocycles. The van der Waals surface area contributed by atoms with E-state index in [1.54, 1.807) is 0 Å². The number of nitrogens with zero attached hydrogens (tertiary/aromatic N) is 1. The summed E-state index contributed by atoms with van der Waals surface area (Å²) in [5, 5.41) is 0. The van der Waals surface area contributed by atoms with E-state index in [2.05, 4.69) is 32.7 Å². The minimum absolute atomic E-state index is 0.535. The first-order valence-corrected chi connectivity index (χ1v) is 4.28. The molecule has 0 aromatic rings. The van der Waals surface area contributed by atoms with E-state index < -0.39 is 0 Å². The maximum Gasteiger partial charge on any atom is 0.0227 e. The average molecular weight is 168 g/mol. The molecule has 0 aromatic carbocycles. The van der Waals surface area contributed by atoms with Crippen LogP contribution in [0.5, 0.6) is 0 Å². The zero-order valence-electron chi connectivity index (χ0n) is 8.76. The first kappa shape index (κ1) is 11.1. The smallest absolute Gasteiger partial charge is 0.0227 e. The Labute approximate surface area is 75.7 Å². The molecule has 0 saturated carbocycles. The van der Waals surface area contributed by atoms with Crippen molar-refractivity contribution in [2.45, 2.75) is 33.7 Å². The Balaban J connectivity index is 4.28. The van der Waals surface area contributed by atoms with Crippen molar-refractivity contribution in [3.8, 4) is 0 Å². The van der Waals surface area contributed by atoms with Crippen LogP contribution in [0.4, 0.5) is 0 Å². The molecule has 0 aliphatic heterocycles. The van der Waals surface area contributed by atoms with Crippen LogP contribution in [-0.2, 0) is 0 Å².